The first-order valence-electron chi connectivity index (χ1n) is 12.8. The summed E-state index contributed by atoms with van der Waals surface area (Å²) < 4.78 is 20.7. The van der Waals surface area contributed by atoms with Crippen molar-refractivity contribution in [2.45, 2.75) is 18.7 Å². The summed E-state index contributed by atoms with van der Waals surface area (Å²) in [6.45, 7) is 4.14. The molecular formula is C31H33NO8S. The van der Waals surface area contributed by atoms with Crippen molar-refractivity contribution in [3.63, 3.8) is 0 Å². The van der Waals surface area contributed by atoms with Crippen LogP contribution < -0.4 is 9.47 Å². The Labute approximate surface area is 242 Å². The van der Waals surface area contributed by atoms with E-state index in [0.29, 0.717) is 35.8 Å². The molecule has 0 aliphatic carbocycles. The van der Waals surface area contributed by atoms with Crippen LogP contribution in [0.4, 0.5) is 4.79 Å². The van der Waals surface area contributed by atoms with E-state index in [-0.39, 0.29) is 11.0 Å². The highest BCUT2D eigenvalue weighted by Crippen LogP contribution is 2.34. The van der Waals surface area contributed by atoms with E-state index in [1.807, 2.05) is 24.3 Å². The summed E-state index contributed by atoms with van der Waals surface area (Å²) in [7, 11) is 6.45. The lowest BCUT2D eigenvalue weighted by molar-refractivity contribution is 0.0513. The molecule has 0 aliphatic heterocycles. The van der Waals surface area contributed by atoms with Crippen molar-refractivity contribution >= 4 is 50.5 Å². The van der Waals surface area contributed by atoms with Gasteiger partial charge in [0, 0.05) is 29.8 Å². The molecule has 10 heteroatoms. The monoisotopic (exact) mass is 579 g/mol. The maximum absolute atomic E-state index is 12.0. The number of esters is 2. The van der Waals surface area contributed by atoms with Gasteiger partial charge in [-0.3, -0.25) is 4.79 Å². The molecule has 0 fully saturated rings. The minimum Gasteiger partial charge on any atom is -0.508 e. The summed E-state index contributed by atoms with van der Waals surface area (Å²) in [4.78, 5) is 37.9. The number of aromatic hydroxyl groups is 1. The molecule has 4 aromatic rings. The normalized spacial score (nSPS) is 10.4. The lowest BCUT2D eigenvalue weighted by atomic mass is 10.0. The number of nitrogens with zero attached hydrogens (tertiary/aromatic N) is 1. The number of phenolic OH excluding ortho intramolecular Hbond substituents is 1. The molecule has 41 heavy (non-hydrogen) atoms. The molecular weight excluding hydrogens is 546 g/mol. The lowest BCUT2D eigenvalue weighted by Crippen LogP contribution is -2.15. The highest BCUT2D eigenvalue weighted by Gasteiger charge is 2.18. The number of methoxy groups -OCH3 is 2. The molecule has 4 rings (SSSR count). The molecule has 0 aromatic heterocycles. The minimum atomic E-state index is -0.413. The standard InChI is InChI=1S/C17H19NO4S.C14H14O4/c1-5-22-16(19)14-8-6-11-10-12(23-17(20)18(2)3)7-9-13(11)15(14)21-4;1-3-18-14(16)12-6-4-9-8-10(15)5-7-11(9)13(12)17-2/h6-10H,5H2,1-4H3;4-8,15H,3H2,1-2H3. The topological polar surface area (TPSA) is 112 Å². The molecule has 1 amide bonds. The van der Waals surface area contributed by atoms with Gasteiger partial charge in [-0.25, -0.2) is 9.59 Å². The summed E-state index contributed by atoms with van der Waals surface area (Å²) in [6.07, 6.45) is 0. The van der Waals surface area contributed by atoms with Crippen molar-refractivity contribution in [2.24, 2.45) is 0 Å². The number of benzene rings is 4. The quantitative estimate of drug-likeness (QED) is 0.193. The van der Waals surface area contributed by atoms with Crippen molar-refractivity contribution in [1.82, 2.24) is 4.90 Å². The number of carbonyl (C=O) groups excluding carboxylic acids is 3. The first-order valence-corrected chi connectivity index (χ1v) is 13.6. The Morgan fingerprint density at radius 1 is 0.732 bits per heavy atom. The molecule has 0 saturated carbocycles. The van der Waals surface area contributed by atoms with E-state index in [0.717, 1.165) is 38.2 Å². The van der Waals surface area contributed by atoms with Crippen molar-refractivity contribution in [3.05, 3.63) is 71.8 Å². The number of hydrogen-bond acceptors (Lipinski definition) is 9. The van der Waals surface area contributed by atoms with Gasteiger partial charge in [-0.1, -0.05) is 12.1 Å². The predicted octanol–water partition coefficient (Wildman–Crippen LogP) is 6.53. The van der Waals surface area contributed by atoms with Gasteiger partial charge in [-0.05, 0) is 84.9 Å². The van der Waals surface area contributed by atoms with Crippen molar-refractivity contribution < 1.29 is 38.4 Å². The van der Waals surface area contributed by atoms with Crippen molar-refractivity contribution in [2.75, 3.05) is 41.5 Å². The molecule has 4 aromatic carbocycles. The molecule has 0 radical (unpaired) electrons. The summed E-state index contributed by atoms with van der Waals surface area (Å²) in [5.41, 5.74) is 0.782. The Balaban J connectivity index is 0.000000232. The number of ether oxygens (including phenoxy) is 4. The number of thioether (sulfide) groups is 1. The predicted molar refractivity (Wildman–Crippen MR) is 160 cm³/mol. The van der Waals surface area contributed by atoms with Crippen LogP contribution in [0.5, 0.6) is 17.2 Å². The zero-order chi connectivity index (χ0) is 30.1. The number of fused-ring (bicyclic) bond motifs is 2. The van der Waals surface area contributed by atoms with Gasteiger partial charge in [0.1, 0.15) is 28.4 Å². The molecule has 0 spiro atoms. The molecule has 0 saturated heterocycles. The SMILES string of the molecule is CCOC(=O)c1ccc2cc(O)ccc2c1OC.CCOC(=O)c1ccc2cc(SC(=O)N(C)C)ccc2c1OC. The van der Waals surface area contributed by atoms with E-state index in [1.54, 1.807) is 64.3 Å². The van der Waals surface area contributed by atoms with Crippen LogP contribution in [0.15, 0.2) is 65.6 Å². The summed E-state index contributed by atoms with van der Waals surface area (Å²) in [5, 5.41) is 12.7. The number of hydrogen-bond donors (Lipinski definition) is 1. The van der Waals surface area contributed by atoms with Gasteiger partial charge >= 0.3 is 11.9 Å². The number of amides is 1. The number of phenols is 1. The third-order valence-electron chi connectivity index (χ3n) is 5.87. The highest BCUT2D eigenvalue weighted by atomic mass is 32.2. The van der Waals surface area contributed by atoms with Crippen molar-refractivity contribution in [3.8, 4) is 17.2 Å². The summed E-state index contributed by atoms with van der Waals surface area (Å²) in [6, 6.07) is 17.4. The molecule has 1 N–H and O–H groups in total. The third kappa shape index (κ3) is 7.40. The summed E-state index contributed by atoms with van der Waals surface area (Å²) in [5.74, 6) is 0.299. The Morgan fingerprint density at radius 2 is 1.22 bits per heavy atom. The van der Waals surface area contributed by atoms with E-state index in [1.165, 1.54) is 19.1 Å². The lowest BCUT2D eigenvalue weighted by Gasteiger charge is -2.13. The summed E-state index contributed by atoms with van der Waals surface area (Å²) >= 11 is 1.15. The van der Waals surface area contributed by atoms with Gasteiger partial charge in [0.15, 0.2) is 0 Å². The molecule has 9 nitrogen and oxygen atoms in total. The van der Waals surface area contributed by atoms with Crippen LogP contribution in [0.25, 0.3) is 21.5 Å². The van der Waals surface area contributed by atoms with Crippen LogP contribution in [0.1, 0.15) is 34.6 Å². The number of rotatable bonds is 7. The molecule has 0 heterocycles. The first-order chi connectivity index (χ1) is 19.6. The zero-order valence-electron chi connectivity index (χ0n) is 23.8. The van der Waals surface area contributed by atoms with Gasteiger partial charge < -0.3 is 29.0 Å². The van der Waals surface area contributed by atoms with E-state index in [9.17, 15) is 19.5 Å². The Kier molecular flexibility index (Phi) is 10.8. The second-order valence-corrected chi connectivity index (χ2v) is 9.81. The fourth-order valence-corrected chi connectivity index (χ4v) is 4.71. The van der Waals surface area contributed by atoms with Gasteiger partial charge in [0.2, 0.25) is 0 Å². The maximum atomic E-state index is 12.0. The minimum absolute atomic E-state index is 0.0422. The van der Waals surface area contributed by atoms with Crippen molar-refractivity contribution in [1.29, 1.82) is 0 Å². The average Bonchev–Trinajstić information content (AvgIpc) is 2.96. The molecule has 216 valence electrons. The second kappa shape index (κ2) is 14.3. The number of carbonyl (C=O) groups is 3. The fourth-order valence-electron chi connectivity index (χ4n) is 4.00. The smallest absolute Gasteiger partial charge is 0.341 e. The van der Waals surface area contributed by atoms with Gasteiger partial charge in [0.05, 0.1) is 27.4 Å². The van der Waals surface area contributed by atoms with Crippen LogP contribution in [0.2, 0.25) is 0 Å². The largest absolute Gasteiger partial charge is 0.508 e. The molecule has 0 unspecified atom stereocenters. The third-order valence-corrected chi connectivity index (χ3v) is 6.89. The van der Waals surface area contributed by atoms with E-state index < -0.39 is 11.9 Å². The van der Waals surface area contributed by atoms with E-state index in [4.69, 9.17) is 18.9 Å². The zero-order valence-corrected chi connectivity index (χ0v) is 24.7. The van der Waals surface area contributed by atoms with Crippen LogP contribution >= 0.6 is 11.8 Å². The Morgan fingerprint density at radius 3 is 1.68 bits per heavy atom. The fraction of sp³-hybridized carbons (Fsp3) is 0.258. The van der Waals surface area contributed by atoms with Crippen LogP contribution in [-0.4, -0.2) is 68.7 Å². The van der Waals surface area contributed by atoms with Gasteiger partial charge in [-0.2, -0.15) is 0 Å². The van der Waals surface area contributed by atoms with Gasteiger partial charge in [-0.15, -0.1) is 0 Å². The van der Waals surface area contributed by atoms with Crippen LogP contribution in [0.3, 0.4) is 0 Å². The molecule has 0 aliphatic rings. The Bertz CT molecular complexity index is 1570. The van der Waals surface area contributed by atoms with E-state index in [2.05, 4.69) is 0 Å². The van der Waals surface area contributed by atoms with E-state index >= 15 is 0 Å². The Hall–Kier alpha value is -4.44. The maximum Gasteiger partial charge on any atom is 0.341 e. The highest BCUT2D eigenvalue weighted by molar-refractivity contribution is 8.13. The molecule has 0 atom stereocenters. The second-order valence-electron chi connectivity index (χ2n) is 8.78. The van der Waals surface area contributed by atoms with Gasteiger partial charge in [0.25, 0.3) is 5.24 Å². The first kappa shape index (κ1) is 31.1. The van der Waals surface area contributed by atoms with Crippen LogP contribution in [-0.2, 0) is 9.47 Å². The van der Waals surface area contributed by atoms with Crippen LogP contribution in [0, 0.1) is 0 Å². The molecule has 0 bridgehead atoms. The average molecular weight is 580 g/mol.